The van der Waals surface area contributed by atoms with Crippen LogP contribution in [0.4, 0.5) is 5.69 Å². The van der Waals surface area contributed by atoms with E-state index in [0.717, 1.165) is 16.8 Å². The third-order valence-corrected chi connectivity index (χ3v) is 3.20. The van der Waals surface area contributed by atoms with Crippen LogP contribution >= 0.6 is 0 Å². The number of nitrogens with one attached hydrogen (secondary N) is 1. The van der Waals surface area contributed by atoms with Crippen molar-refractivity contribution in [1.82, 2.24) is 0 Å². The summed E-state index contributed by atoms with van der Waals surface area (Å²) in [7, 11) is 1.31. The second kappa shape index (κ2) is 6.49. The van der Waals surface area contributed by atoms with E-state index in [0.29, 0.717) is 12.8 Å². The van der Waals surface area contributed by atoms with Crippen molar-refractivity contribution in [2.75, 3.05) is 25.6 Å². The topological polar surface area (TPSA) is 90.7 Å². The van der Waals surface area contributed by atoms with Crippen molar-refractivity contribution in [3.63, 3.8) is 0 Å². The van der Waals surface area contributed by atoms with Crippen molar-refractivity contribution in [3.8, 4) is 0 Å². The summed E-state index contributed by atoms with van der Waals surface area (Å²) >= 11 is 0. The fourth-order valence-corrected chi connectivity index (χ4v) is 2.06. The number of nitrogens with two attached hydrogens (primary N) is 1. The van der Waals surface area contributed by atoms with Gasteiger partial charge in [0.25, 0.3) is 0 Å². The summed E-state index contributed by atoms with van der Waals surface area (Å²) < 4.78 is 9.67. The Morgan fingerprint density at radius 1 is 1.45 bits per heavy atom. The van der Waals surface area contributed by atoms with E-state index in [1.807, 2.05) is 18.2 Å². The average molecular weight is 278 g/mol. The maximum atomic E-state index is 11.3. The molecule has 0 bridgehead atoms. The van der Waals surface area contributed by atoms with Gasteiger partial charge < -0.3 is 20.5 Å². The SMILES string of the molecule is COC(=O)COCC(N)c1ccc2c(c1)CCC(=O)N2. The van der Waals surface area contributed by atoms with Crippen LogP contribution in [0, 0.1) is 0 Å². The van der Waals surface area contributed by atoms with Gasteiger partial charge in [-0.1, -0.05) is 12.1 Å². The van der Waals surface area contributed by atoms with Crippen LogP contribution in [0.3, 0.4) is 0 Å². The van der Waals surface area contributed by atoms with Crippen LogP contribution in [0.15, 0.2) is 18.2 Å². The Balaban J connectivity index is 1.95. The van der Waals surface area contributed by atoms with Gasteiger partial charge in [0, 0.05) is 12.1 Å². The maximum absolute atomic E-state index is 11.3. The number of carbonyl (C=O) groups excluding carboxylic acids is 2. The Morgan fingerprint density at radius 3 is 3.00 bits per heavy atom. The standard InChI is InChI=1S/C14H18N2O4/c1-19-14(18)8-20-7-11(15)9-2-4-12-10(6-9)3-5-13(17)16-12/h2,4,6,11H,3,5,7-8,15H2,1H3,(H,16,17). The molecule has 1 aromatic rings. The number of fused-ring (bicyclic) bond motifs is 1. The van der Waals surface area contributed by atoms with E-state index in [9.17, 15) is 9.59 Å². The molecule has 1 amide bonds. The zero-order chi connectivity index (χ0) is 14.5. The predicted octanol–water partition coefficient (Wildman–Crippen LogP) is 0.761. The molecule has 6 nitrogen and oxygen atoms in total. The highest BCUT2D eigenvalue weighted by Gasteiger charge is 2.16. The molecule has 1 aliphatic rings. The number of hydrogen-bond acceptors (Lipinski definition) is 5. The third kappa shape index (κ3) is 3.55. The summed E-state index contributed by atoms with van der Waals surface area (Å²) in [6.07, 6.45) is 1.20. The molecule has 3 N–H and O–H groups in total. The Kier molecular flexibility index (Phi) is 4.70. The molecule has 6 heteroatoms. The van der Waals surface area contributed by atoms with Gasteiger partial charge in [0.2, 0.25) is 5.91 Å². The molecule has 0 saturated carbocycles. The van der Waals surface area contributed by atoms with E-state index in [1.165, 1.54) is 7.11 Å². The minimum absolute atomic E-state index is 0.0379. The Labute approximate surface area is 117 Å². The number of esters is 1. The number of amides is 1. The maximum Gasteiger partial charge on any atom is 0.331 e. The second-order valence-electron chi connectivity index (χ2n) is 4.66. The number of methoxy groups -OCH3 is 1. The molecule has 1 unspecified atom stereocenters. The van der Waals surface area contributed by atoms with Crippen LogP contribution in [-0.4, -0.2) is 32.2 Å². The van der Waals surface area contributed by atoms with Crippen molar-refractivity contribution in [1.29, 1.82) is 0 Å². The first-order valence-corrected chi connectivity index (χ1v) is 6.43. The number of rotatable bonds is 5. The minimum atomic E-state index is -0.426. The number of hydrogen-bond donors (Lipinski definition) is 2. The van der Waals surface area contributed by atoms with Crippen molar-refractivity contribution < 1.29 is 19.1 Å². The minimum Gasteiger partial charge on any atom is -0.467 e. The summed E-state index contributed by atoms with van der Waals surface area (Å²) in [5, 5.41) is 2.82. The van der Waals surface area contributed by atoms with E-state index in [-0.39, 0.29) is 25.2 Å². The molecule has 1 aromatic carbocycles. The van der Waals surface area contributed by atoms with Crippen molar-refractivity contribution in [3.05, 3.63) is 29.3 Å². The first kappa shape index (κ1) is 14.5. The highest BCUT2D eigenvalue weighted by molar-refractivity contribution is 5.93. The van der Waals surface area contributed by atoms with Gasteiger partial charge >= 0.3 is 5.97 Å². The number of carbonyl (C=O) groups is 2. The number of anilines is 1. The quantitative estimate of drug-likeness (QED) is 0.776. The lowest BCUT2D eigenvalue weighted by atomic mass is 9.98. The molecule has 0 radical (unpaired) electrons. The van der Waals surface area contributed by atoms with Gasteiger partial charge in [0.1, 0.15) is 6.61 Å². The van der Waals surface area contributed by atoms with Crippen LogP contribution in [0.5, 0.6) is 0 Å². The molecule has 0 spiro atoms. The fraction of sp³-hybridized carbons (Fsp3) is 0.429. The fourth-order valence-electron chi connectivity index (χ4n) is 2.06. The second-order valence-corrected chi connectivity index (χ2v) is 4.66. The van der Waals surface area contributed by atoms with Gasteiger partial charge in [-0.3, -0.25) is 4.79 Å². The van der Waals surface area contributed by atoms with Gasteiger partial charge in [-0.2, -0.15) is 0 Å². The van der Waals surface area contributed by atoms with E-state index in [4.69, 9.17) is 10.5 Å². The van der Waals surface area contributed by atoms with Crippen molar-refractivity contribution >= 4 is 17.6 Å². The van der Waals surface area contributed by atoms with Crippen LogP contribution in [0.2, 0.25) is 0 Å². The smallest absolute Gasteiger partial charge is 0.331 e. The lowest BCUT2D eigenvalue weighted by molar-refractivity contribution is -0.146. The van der Waals surface area contributed by atoms with Crippen LogP contribution in [0.25, 0.3) is 0 Å². The highest BCUT2D eigenvalue weighted by atomic mass is 16.6. The lowest BCUT2D eigenvalue weighted by Crippen LogP contribution is -2.22. The van der Waals surface area contributed by atoms with Gasteiger partial charge in [-0.15, -0.1) is 0 Å². The lowest BCUT2D eigenvalue weighted by Gasteiger charge is -2.19. The third-order valence-electron chi connectivity index (χ3n) is 3.20. The molecule has 0 aliphatic carbocycles. The molecule has 20 heavy (non-hydrogen) atoms. The van der Waals surface area contributed by atoms with E-state index < -0.39 is 5.97 Å². The van der Waals surface area contributed by atoms with Crippen LogP contribution in [-0.2, 0) is 25.5 Å². The summed E-state index contributed by atoms with van der Waals surface area (Å²) in [5.74, 6) is -0.388. The summed E-state index contributed by atoms with van der Waals surface area (Å²) in [4.78, 5) is 22.2. The molecule has 1 heterocycles. The molecular formula is C14H18N2O4. The molecule has 0 aromatic heterocycles. The van der Waals surface area contributed by atoms with Crippen LogP contribution in [0.1, 0.15) is 23.6 Å². The molecule has 2 rings (SSSR count). The summed E-state index contributed by atoms with van der Waals surface area (Å²) in [6, 6.07) is 5.36. The van der Waals surface area contributed by atoms with Crippen molar-refractivity contribution in [2.24, 2.45) is 5.73 Å². The molecule has 0 fully saturated rings. The normalized spacial score (nSPS) is 15.2. The van der Waals surface area contributed by atoms with Gasteiger partial charge in [-0.05, 0) is 23.6 Å². The van der Waals surface area contributed by atoms with Crippen molar-refractivity contribution in [2.45, 2.75) is 18.9 Å². The highest BCUT2D eigenvalue weighted by Crippen LogP contribution is 2.25. The number of benzene rings is 1. The van der Waals surface area contributed by atoms with E-state index >= 15 is 0 Å². The summed E-state index contributed by atoms with van der Waals surface area (Å²) in [6.45, 7) is 0.130. The molecule has 1 atom stereocenters. The molecule has 1 aliphatic heterocycles. The first-order chi connectivity index (χ1) is 9.60. The van der Waals surface area contributed by atoms with E-state index in [2.05, 4.69) is 10.1 Å². The molecule has 0 saturated heterocycles. The Bertz CT molecular complexity index is 516. The zero-order valence-electron chi connectivity index (χ0n) is 11.3. The zero-order valence-corrected chi connectivity index (χ0v) is 11.3. The van der Waals surface area contributed by atoms with Crippen LogP contribution < -0.4 is 11.1 Å². The number of aryl methyl sites for hydroxylation is 1. The average Bonchev–Trinajstić information content (AvgIpc) is 2.46. The molecular weight excluding hydrogens is 260 g/mol. The Morgan fingerprint density at radius 2 is 2.25 bits per heavy atom. The van der Waals surface area contributed by atoms with Gasteiger partial charge in [0.05, 0.1) is 19.8 Å². The summed E-state index contributed by atoms with van der Waals surface area (Å²) in [5.41, 5.74) is 8.85. The predicted molar refractivity (Wildman–Crippen MR) is 73.2 cm³/mol. The largest absolute Gasteiger partial charge is 0.467 e. The van der Waals surface area contributed by atoms with Gasteiger partial charge in [-0.25, -0.2) is 4.79 Å². The Hall–Kier alpha value is -1.92. The van der Waals surface area contributed by atoms with Gasteiger partial charge in [0.15, 0.2) is 0 Å². The van der Waals surface area contributed by atoms with E-state index in [1.54, 1.807) is 0 Å². The number of ether oxygens (including phenoxy) is 2. The monoisotopic (exact) mass is 278 g/mol. The molecule has 108 valence electrons. The first-order valence-electron chi connectivity index (χ1n) is 6.43.